The molecule has 5 rings (SSSR count). The summed E-state index contributed by atoms with van der Waals surface area (Å²) in [5.74, 6) is -3.57. The lowest BCUT2D eigenvalue weighted by Gasteiger charge is -2.21. The van der Waals surface area contributed by atoms with E-state index in [0.29, 0.717) is 0 Å². The second-order valence-electron chi connectivity index (χ2n) is 8.55. The molecule has 170 valence electrons. The Bertz CT molecular complexity index is 1000. The van der Waals surface area contributed by atoms with Gasteiger partial charge in [-0.05, 0) is 53.6 Å². The molecule has 32 heavy (non-hydrogen) atoms. The Hall–Kier alpha value is -2.81. The van der Waals surface area contributed by atoms with Crippen molar-refractivity contribution >= 4 is 11.9 Å². The standard InChI is InChI=1S/C22H24FNO2.C2H2O4/c23-16-6-5-15-9-14-3-1-2-4-19(14)21-11-18(26-22(21)20(15)10-16)13-24-8-7-17(25)12-24;3-1(4)2(5)6/h1-6,10,17-18,21-22,25H,7-9,11-13H2;(H,3,4)(H,5,6)/t17?,18-,21-,22-;/m1./s1. The third-order valence-electron chi connectivity index (χ3n) is 6.36. The van der Waals surface area contributed by atoms with Gasteiger partial charge in [-0.25, -0.2) is 14.0 Å². The molecule has 3 N–H and O–H groups in total. The van der Waals surface area contributed by atoms with E-state index in [2.05, 4.69) is 29.2 Å². The molecule has 2 heterocycles. The van der Waals surface area contributed by atoms with Crippen LogP contribution in [0.15, 0.2) is 42.5 Å². The number of halogens is 1. The fourth-order valence-electron chi connectivity index (χ4n) is 4.98. The lowest BCUT2D eigenvalue weighted by Crippen LogP contribution is -2.31. The molecule has 1 unspecified atom stereocenters. The van der Waals surface area contributed by atoms with Crippen LogP contribution in [0.25, 0.3) is 0 Å². The minimum Gasteiger partial charge on any atom is -0.473 e. The Morgan fingerprint density at radius 2 is 1.78 bits per heavy atom. The maximum Gasteiger partial charge on any atom is 0.414 e. The third-order valence-corrected chi connectivity index (χ3v) is 6.36. The van der Waals surface area contributed by atoms with E-state index < -0.39 is 11.9 Å². The Balaban J connectivity index is 0.000000363. The predicted molar refractivity (Wildman–Crippen MR) is 113 cm³/mol. The summed E-state index contributed by atoms with van der Waals surface area (Å²) in [5.41, 5.74) is 4.85. The van der Waals surface area contributed by atoms with Crippen LogP contribution in [0.1, 0.15) is 47.1 Å². The first-order chi connectivity index (χ1) is 15.3. The number of nitrogens with zero attached hydrogens (tertiary/aromatic N) is 1. The molecule has 0 saturated carbocycles. The summed E-state index contributed by atoms with van der Waals surface area (Å²) < 4.78 is 20.5. The molecule has 7 nitrogen and oxygen atoms in total. The second kappa shape index (κ2) is 9.36. The first kappa shape index (κ1) is 22.4. The number of ether oxygens (including phenoxy) is 1. The van der Waals surface area contributed by atoms with Gasteiger partial charge >= 0.3 is 11.9 Å². The van der Waals surface area contributed by atoms with Crippen molar-refractivity contribution in [2.75, 3.05) is 19.6 Å². The van der Waals surface area contributed by atoms with Gasteiger partial charge in [-0.15, -0.1) is 0 Å². The van der Waals surface area contributed by atoms with E-state index in [1.807, 2.05) is 6.07 Å². The summed E-state index contributed by atoms with van der Waals surface area (Å²) in [5, 5.41) is 24.6. The third kappa shape index (κ3) is 4.82. The monoisotopic (exact) mass is 443 g/mol. The quantitative estimate of drug-likeness (QED) is 0.613. The van der Waals surface area contributed by atoms with Crippen molar-refractivity contribution < 1.29 is 34.0 Å². The molecule has 0 radical (unpaired) electrons. The molecule has 0 bridgehead atoms. The maximum atomic E-state index is 14.0. The van der Waals surface area contributed by atoms with Crippen LogP contribution in [-0.2, 0) is 20.7 Å². The highest BCUT2D eigenvalue weighted by Crippen LogP contribution is 2.49. The average Bonchev–Trinajstić information content (AvgIpc) is 3.33. The normalized spacial score (nSPS) is 26.2. The number of hydrogen-bond donors (Lipinski definition) is 3. The van der Waals surface area contributed by atoms with Gasteiger partial charge in [0.05, 0.1) is 18.3 Å². The van der Waals surface area contributed by atoms with Gasteiger partial charge in [0.15, 0.2) is 0 Å². The Morgan fingerprint density at radius 3 is 2.47 bits per heavy atom. The van der Waals surface area contributed by atoms with Crippen LogP contribution in [0.4, 0.5) is 4.39 Å². The van der Waals surface area contributed by atoms with Gasteiger partial charge in [-0.1, -0.05) is 30.3 Å². The van der Waals surface area contributed by atoms with Crippen molar-refractivity contribution in [1.82, 2.24) is 4.90 Å². The van der Waals surface area contributed by atoms with Crippen LogP contribution in [0.2, 0.25) is 0 Å². The molecule has 1 aliphatic carbocycles. The number of carboxylic acids is 2. The van der Waals surface area contributed by atoms with E-state index in [0.717, 1.165) is 44.5 Å². The molecule has 2 aromatic rings. The van der Waals surface area contributed by atoms with E-state index in [1.54, 1.807) is 12.1 Å². The van der Waals surface area contributed by atoms with E-state index in [9.17, 15) is 9.50 Å². The van der Waals surface area contributed by atoms with Gasteiger partial charge in [0.2, 0.25) is 0 Å². The van der Waals surface area contributed by atoms with E-state index in [-0.39, 0.29) is 30.0 Å². The maximum absolute atomic E-state index is 14.0. The van der Waals surface area contributed by atoms with Crippen molar-refractivity contribution in [3.8, 4) is 0 Å². The molecule has 2 aliphatic heterocycles. The Labute approximate surface area is 185 Å². The number of β-amino-alcohol motifs (C(OH)–C–C–N with tert-alkyl or cyclic N) is 1. The number of likely N-dealkylation sites (tertiary alicyclic amines) is 1. The summed E-state index contributed by atoms with van der Waals surface area (Å²) in [4.78, 5) is 20.5. The number of benzene rings is 2. The molecule has 8 heteroatoms. The van der Waals surface area contributed by atoms with Crippen LogP contribution in [0.3, 0.4) is 0 Å². The van der Waals surface area contributed by atoms with Crippen molar-refractivity contribution in [1.29, 1.82) is 0 Å². The molecular weight excluding hydrogens is 417 g/mol. The summed E-state index contributed by atoms with van der Waals surface area (Å²) in [6.07, 6.45) is 2.46. The summed E-state index contributed by atoms with van der Waals surface area (Å²) in [7, 11) is 0. The molecule has 2 aromatic carbocycles. The topological polar surface area (TPSA) is 107 Å². The zero-order valence-corrected chi connectivity index (χ0v) is 17.5. The van der Waals surface area contributed by atoms with Gasteiger partial charge in [-0.2, -0.15) is 0 Å². The van der Waals surface area contributed by atoms with Gasteiger partial charge in [0.25, 0.3) is 0 Å². The van der Waals surface area contributed by atoms with E-state index in [1.165, 1.54) is 16.7 Å². The minimum absolute atomic E-state index is 0.0816. The largest absolute Gasteiger partial charge is 0.473 e. The number of rotatable bonds is 2. The zero-order valence-electron chi connectivity index (χ0n) is 17.5. The fraction of sp³-hybridized carbons (Fsp3) is 0.417. The summed E-state index contributed by atoms with van der Waals surface area (Å²) >= 11 is 0. The van der Waals surface area contributed by atoms with Crippen LogP contribution >= 0.6 is 0 Å². The van der Waals surface area contributed by atoms with Gasteiger partial charge in [0, 0.05) is 25.6 Å². The average molecular weight is 443 g/mol. The lowest BCUT2D eigenvalue weighted by atomic mass is 9.87. The SMILES string of the molecule is O=C(O)C(=O)O.OC1CCN(C[C@H]2C[C@@H]3c4ccccc4Cc4ccc(F)cc4[C@H]3O2)C1. The molecular formula is C24H26FNO6. The van der Waals surface area contributed by atoms with Crippen LogP contribution in [0.5, 0.6) is 0 Å². The van der Waals surface area contributed by atoms with Crippen molar-refractivity contribution in [2.45, 2.75) is 43.5 Å². The van der Waals surface area contributed by atoms with Crippen molar-refractivity contribution in [3.63, 3.8) is 0 Å². The first-order valence-corrected chi connectivity index (χ1v) is 10.7. The Kier molecular flexibility index (Phi) is 6.55. The molecule has 3 aliphatic rings. The first-order valence-electron chi connectivity index (χ1n) is 10.7. The van der Waals surface area contributed by atoms with Gasteiger partial charge in [0.1, 0.15) is 5.82 Å². The predicted octanol–water partition coefficient (Wildman–Crippen LogP) is 2.57. The summed E-state index contributed by atoms with van der Waals surface area (Å²) in [6, 6.07) is 13.7. The number of aliphatic carboxylic acids is 2. The van der Waals surface area contributed by atoms with Gasteiger partial charge in [-0.3, -0.25) is 4.90 Å². The number of carbonyl (C=O) groups is 2. The van der Waals surface area contributed by atoms with Crippen LogP contribution < -0.4 is 0 Å². The Morgan fingerprint density at radius 1 is 1.06 bits per heavy atom. The highest BCUT2D eigenvalue weighted by atomic mass is 19.1. The summed E-state index contributed by atoms with van der Waals surface area (Å²) in [6.45, 7) is 2.51. The van der Waals surface area contributed by atoms with Crippen molar-refractivity contribution in [2.24, 2.45) is 0 Å². The zero-order chi connectivity index (χ0) is 22.8. The molecule has 0 aromatic heterocycles. The number of hydrogen-bond acceptors (Lipinski definition) is 5. The lowest BCUT2D eigenvalue weighted by molar-refractivity contribution is -0.159. The molecule has 2 saturated heterocycles. The fourth-order valence-corrected chi connectivity index (χ4v) is 4.98. The highest BCUT2D eigenvalue weighted by molar-refractivity contribution is 6.27. The van der Waals surface area contributed by atoms with E-state index >= 15 is 0 Å². The van der Waals surface area contributed by atoms with Crippen molar-refractivity contribution in [3.05, 3.63) is 70.5 Å². The number of aliphatic hydroxyl groups excluding tert-OH is 1. The van der Waals surface area contributed by atoms with Crippen LogP contribution in [0, 0.1) is 5.82 Å². The second-order valence-corrected chi connectivity index (χ2v) is 8.55. The molecule has 2 fully saturated rings. The number of aliphatic hydroxyl groups is 1. The van der Waals surface area contributed by atoms with E-state index in [4.69, 9.17) is 24.5 Å². The highest BCUT2D eigenvalue weighted by Gasteiger charge is 2.41. The molecule has 4 atom stereocenters. The molecule has 0 spiro atoms. The molecule has 0 amide bonds. The van der Waals surface area contributed by atoms with Gasteiger partial charge < -0.3 is 20.1 Å². The number of fused-ring (bicyclic) bond motifs is 5. The minimum atomic E-state index is -1.82. The van der Waals surface area contributed by atoms with Crippen LogP contribution in [-0.4, -0.2) is 64.0 Å². The number of carboxylic acid groups (broad SMARTS) is 2. The smallest absolute Gasteiger partial charge is 0.414 e.